The highest BCUT2D eigenvalue weighted by Gasteiger charge is 2.19. The van der Waals surface area contributed by atoms with Gasteiger partial charge in [-0.15, -0.1) is 0 Å². The van der Waals surface area contributed by atoms with Crippen LogP contribution in [0, 0.1) is 0 Å². The normalized spacial score (nSPS) is 11.5. The molecule has 52 heavy (non-hydrogen) atoms. The van der Waals surface area contributed by atoms with Gasteiger partial charge in [0, 0.05) is 0 Å². The number of hydrogen-bond donors (Lipinski definition) is 0. The topological polar surface area (TPSA) is 0 Å². The lowest BCUT2D eigenvalue weighted by Crippen LogP contribution is -1.93. The Morgan fingerprint density at radius 2 is 0.577 bits per heavy atom. The number of fused-ring (bicyclic) bond motifs is 4. The molecule has 0 radical (unpaired) electrons. The van der Waals surface area contributed by atoms with Gasteiger partial charge in [0.25, 0.3) is 0 Å². The third-order valence-electron chi connectivity index (χ3n) is 10.6. The lowest BCUT2D eigenvalue weighted by molar-refractivity contribution is 1.59. The Hall–Kier alpha value is -6.76. The molecule has 0 saturated carbocycles. The average Bonchev–Trinajstić information content (AvgIpc) is 3.22. The van der Waals surface area contributed by atoms with Crippen LogP contribution in [0.4, 0.5) is 0 Å². The maximum absolute atomic E-state index is 2.41. The lowest BCUT2D eigenvalue weighted by Gasteiger charge is -2.20. The maximum Gasteiger partial charge on any atom is -0.00259 e. The molecule has 10 aromatic carbocycles. The van der Waals surface area contributed by atoms with Crippen LogP contribution in [0.5, 0.6) is 0 Å². The molecule has 0 saturated heterocycles. The van der Waals surface area contributed by atoms with Crippen molar-refractivity contribution in [3.05, 3.63) is 206 Å². The van der Waals surface area contributed by atoms with Crippen molar-refractivity contribution in [3.8, 4) is 55.6 Å². The molecule has 0 spiro atoms. The van der Waals surface area contributed by atoms with Crippen LogP contribution in [-0.2, 0) is 0 Å². The molecule has 0 unspecified atom stereocenters. The van der Waals surface area contributed by atoms with E-state index in [1.54, 1.807) is 0 Å². The van der Waals surface area contributed by atoms with Gasteiger partial charge in [-0.3, -0.25) is 0 Å². The zero-order chi connectivity index (χ0) is 34.4. The Labute approximate surface area is 303 Å². The summed E-state index contributed by atoms with van der Waals surface area (Å²) in [5, 5.41) is 10.00. The van der Waals surface area contributed by atoms with Gasteiger partial charge in [-0.25, -0.2) is 0 Å². The molecule has 0 heterocycles. The van der Waals surface area contributed by atoms with Crippen molar-refractivity contribution in [3.63, 3.8) is 0 Å². The summed E-state index contributed by atoms with van der Waals surface area (Å²) in [4.78, 5) is 0. The summed E-state index contributed by atoms with van der Waals surface area (Å²) in [5.41, 5.74) is 12.2. The molecule has 0 heteroatoms. The van der Waals surface area contributed by atoms with E-state index in [1.165, 1.54) is 98.7 Å². The van der Waals surface area contributed by atoms with Crippen molar-refractivity contribution in [2.45, 2.75) is 0 Å². The zero-order valence-electron chi connectivity index (χ0n) is 28.6. The standard InChI is InChI=1S/C52H34/c1-3-13-35(14-4-1)42-27-28-49-50(34-42)51(43-26-24-38-18-8-10-20-40(38)30-43)47-21-11-12-22-48(47)52(49)46-32-44(36-15-5-2-6-16-36)31-45(33-46)41-25-23-37-17-7-9-19-39(37)29-41/h1-34H. The summed E-state index contributed by atoms with van der Waals surface area (Å²) in [5.74, 6) is 0. The highest BCUT2D eigenvalue weighted by molar-refractivity contribution is 6.22. The van der Waals surface area contributed by atoms with Crippen molar-refractivity contribution >= 4 is 43.1 Å². The minimum absolute atomic E-state index is 1.21. The number of benzene rings is 10. The van der Waals surface area contributed by atoms with E-state index in [1.807, 2.05) is 0 Å². The van der Waals surface area contributed by atoms with Gasteiger partial charge in [0.2, 0.25) is 0 Å². The van der Waals surface area contributed by atoms with Crippen molar-refractivity contribution in [1.29, 1.82) is 0 Å². The van der Waals surface area contributed by atoms with Gasteiger partial charge < -0.3 is 0 Å². The minimum Gasteiger partial charge on any atom is -0.0622 e. The van der Waals surface area contributed by atoms with Gasteiger partial charge >= 0.3 is 0 Å². The predicted molar refractivity (Wildman–Crippen MR) is 224 cm³/mol. The second-order valence-electron chi connectivity index (χ2n) is 13.7. The van der Waals surface area contributed by atoms with Crippen LogP contribution in [0.1, 0.15) is 0 Å². The Morgan fingerprint density at radius 1 is 0.173 bits per heavy atom. The largest absolute Gasteiger partial charge is 0.0622 e. The Morgan fingerprint density at radius 3 is 1.21 bits per heavy atom. The smallest absolute Gasteiger partial charge is 0.00259 e. The van der Waals surface area contributed by atoms with Crippen LogP contribution >= 0.6 is 0 Å². The van der Waals surface area contributed by atoms with E-state index >= 15 is 0 Å². The second-order valence-corrected chi connectivity index (χ2v) is 13.7. The van der Waals surface area contributed by atoms with Crippen LogP contribution in [0.2, 0.25) is 0 Å². The maximum atomic E-state index is 2.41. The third kappa shape index (κ3) is 5.25. The first-order valence-electron chi connectivity index (χ1n) is 18.0. The summed E-state index contributed by atoms with van der Waals surface area (Å²) in [6.07, 6.45) is 0. The molecular formula is C52H34. The summed E-state index contributed by atoms with van der Waals surface area (Å²) in [6, 6.07) is 75.8. The highest BCUT2D eigenvalue weighted by Crippen LogP contribution is 2.46. The first-order valence-corrected chi connectivity index (χ1v) is 18.0. The highest BCUT2D eigenvalue weighted by atomic mass is 14.2. The first kappa shape index (κ1) is 30.1. The third-order valence-corrected chi connectivity index (χ3v) is 10.6. The second kappa shape index (κ2) is 12.5. The van der Waals surface area contributed by atoms with Crippen LogP contribution in [0.3, 0.4) is 0 Å². The molecule has 0 aliphatic carbocycles. The van der Waals surface area contributed by atoms with E-state index in [0.717, 1.165) is 0 Å². The molecule has 0 aliphatic heterocycles. The number of hydrogen-bond acceptors (Lipinski definition) is 0. The number of rotatable bonds is 5. The van der Waals surface area contributed by atoms with E-state index in [2.05, 4.69) is 206 Å². The Kier molecular flexibility index (Phi) is 7.25. The van der Waals surface area contributed by atoms with Gasteiger partial charge in [0.15, 0.2) is 0 Å². The van der Waals surface area contributed by atoms with Crippen LogP contribution in [0.25, 0.3) is 98.7 Å². The van der Waals surface area contributed by atoms with Crippen LogP contribution in [0.15, 0.2) is 206 Å². The van der Waals surface area contributed by atoms with Crippen molar-refractivity contribution in [2.24, 2.45) is 0 Å². The van der Waals surface area contributed by atoms with Gasteiger partial charge in [-0.2, -0.15) is 0 Å². The van der Waals surface area contributed by atoms with E-state index in [-0.39, 0.29) is 0 Å². The SMILES string of the molecule is c1ccc(-c2cc(-c3ccc4ccccc4c3)cc(-c3c4ccccc4c(-c4ccc5ccccc5c4)c4cc(-c5ccccc5)ccc34)c2)cc1. The zero-order valence-corrected chi connectivity index (χ0v) is 28.6. The van der Waals surface area contributed by atoms with Gasteiger partial charge in [0.1, 0.15) is 0 Å². The Bertz CT molecular complexity index is 2940. The van der Waals surface area contributed by atoms with Crippen molar-refractivity contribution in [1.82, 2.24) is 0 Å². The summed E-state index contributed by atoms with van der Waals surface area (Å²) < 4.78 is 0. The molecule has 0 nitrogen and oxygen atoms in total. The molecule has 0 aromatic heterocycles. The molecule has 10 aromatic rings. The molecule has 10 rings (SSSR count). The average molecular weight is 659 g/mol. The summed E-state index contributed by atoms with van der Waals surface area (Å²) >= 11 is 0. The van der Waals surface area contributed by atoms with Gasteiger partial charge in [-0.05, 0) is 135 Å². The molecular weight excluding hydrogens is 625 g/mol. The molecule has 0 atom stereocenters. The fourth-order valence-electron chi connectivity index (χ4n) is 8.06. The summed E-state index contributed by atoms with van der Waals surface area (Å²) in [7, 11) is 0. The van der Waals surface area contributed by atoms with E-state index in [9.17, 15) is 0 Å². The first-order chi connectivity index (χ1) is 25.8. The van der Waals surface area contributed by atoms with E-state index in [0.29, 0.717) is 0 Å². The molecule has 0 N–H and O–H groups in total. The molecule has 242 valence electrons. The van der Waals surface area contributed by atoms with Crippen molar-refractivity contribution < 1.29 is 0 Å². The molecule has 0 bridgehead atoms. The predicted octanol–water partition coefficient (Wildman–Crippen LogP) is 14.6. The van der Waals surface area contributed by atoms with Gasteiger partial charge in [0.05, 0.1) is 0 Å². The van der Waals surface area contributed by atoms with E-state index < -0.39 is 0 Å². The van der Waals surface area contributed by atoms with Crippen molar-refractivity contribution in [2.75, 3.05) is 0 Å². The monoisotopic (exact) mass is 658 g/mol. The van der Waals surface area contributed by atoms with Gasteiger partial charge in [-0.1, -0.05) is 170 Å². The van der Waals surface area contributed by atoms with Crippen LogP contribution < -0.4 is 0 Å². The lowest BCUT2D eigenvalue weighted by atomic mass is 9.83. The van der Waals surface area contributed by atoms with Crippen LogP contribution in [-0.4, -0.2) is 0 Å². The molecule has 0 aliphatic rings. The fraction of sp³-hybridized carbons (Fsp3) is 0. The molecule has 0 fully saturated rings. The Balaban J connectivity index is 1.30. The fourth-order valence-corrected chi connectivity index (χ4v) is 8.06. The quantitative estimate of drug-likeness (QED) is 0.161. The molecule has 0 amide bonds. The van der Waals surface area contributed by atoms with E-state index in [4.69, 9.17) is 0 Å². The summed E-state index contributed by atoms with van der Waals surface area (Å²) in [6.45, 7) is 0. The minimum atomic E-state index is 1.21.